The quantitative estimate of drug-likeness (QED) is 0.729. The van der Waals surface area contributed by atoms with Crippen LogP contribution in [0.2, 0.25) is 0 Å². The van der Waals surface area contributed by atoms with E-state index in [0.29, 0.717) is 13.0 Å². The van der Waals surface area contributed by atoms with Gasteiger partial charge in [0.25, 0.3) is 0 Å². The van der Waals surface area contributed by atoms with Crippen LogP contribution in [0.15, 0.2) is 0 Å². The van der Waals surface area contributed by atoms with E-state index in [1.54, 1.807) is 0 Å². The van der Waals surface area contributed by atoms with Gasteiger partial charge in [0.2, 0.25) is 5.91 Å². The average molecular weight is 215 g/mol. The van der Waals surface area contributed by atoms with Gasteiger partial charge in [-0.15, -0.1) is 0 Å². The second kappa shape index (κ2) is 6.80. The molecule has 0 aromatic heterocycles. The van der Waals surface area contributed by atoms with Crippen LogP contribution in [-0.4, -0.2) is 25.4 Å². The van der Waals surface area contributed by atoms with Gasteiger partial charge in [0.15, 0.2) is 6.29 Å². The summed E-state index contributed by atoms with van der Waals surface area (Å²) in [6.45, 7) is 3.32. The maximum Gasteiger partial charge on any atom is 0.220 e. The first-order valence-corrected chi connectivity index (χ1v) is 5.76. The van der Waals surface area contributed by atoms with Crippen molar-refractivity contribution in [3.8, 4) is 0 Å². The highest BCUT2D eigenvalue weighted by molar-refractivity contribution is 5.76. The Morgan fingerprint density at radius 1 is 1.60 bits per heavy atom. The van der Waals surface area contributed by atoms with Crippen molar-refractivity contribution in [3.05, 3.63) is 0 Å². The van der Waals surface area contributed by atoms with E-state index in [-0.39, 0.29) is 18.1 Å². The summed E-state index contributed by atoms with van der Waals surface area (Å²) in [4.78, 5) is 10.9. The van der Waals surface area contributed by atoms with E-state index in [1.807, 2.05) is 6.92 Å². The molecule has 1 aliphatic heterocycles. The lowest BCUT2D eigenvalue weighted by Gasteiger charge is -2.23. The van der Waals surface area contributed by atoms with Crippen LogP contribution in [0, 0.1) is 5.92 Å². The molecule has 0 radical (unpaired) electrons. The third-order valence-corrected chi connectivity index (χ3v) is 2.80. The number of carbonyl (C=O) groups is 1. The van der Waals surface area contributed by atoms with Crippen LogP contribution in [0.25, 0.3) is 0 Å². The largest absolute Gasteiger partial charge is 0.369 e. The van der Waals surface area contributed by atoms with Crippen LogP contribution in [0.5, 0.6) is 0 Å². The molecule has 4 nitrogen and oxygen atoms in total. The van der Waals surface area contributed by atoms with E-state index in [0.717, 1.165) is 32.3 Å². The zero-order valence-corrected chi connectivity index (χ0v) is 9.41. The summed E-state index contributed by atoms with van der Waals surface area (Å²) in [5, 5.41) is 0. The van der Waals surface area contributed by atoms with Gasteiger partial charge < -0.3 is 15.2 Å². The Hall–Kier alpha value is -0.610. The number of rotatable bonds is 6. The summed E-state index contributed by atoms with van der Waals surface area (Å²) in [6.07, 6.45) is 4.67. The molecule has 0 bridgehead atoms. The molecule has 2 unspecified atom stereocenters. The third-order valence-electron chi connectivity index (χ3n) is 2.80. The van der Waals surface area contributed by atoms with Crippen molar-refractivity contribution in [2.24, 2.45) is 11.7 Å². The average Bonchev–Trinajstić information content (AvgIpc) is 2.25. The molecule has 88 valence electrons. The monoisotopic (exact) mass is 215 g/mol. The molecule has 1 rings (SSSR count). The van der Waals surface area contributed by atoms with Gasteiger partial charge in [-0.1, -0.05) is 6.92 Å². The van der Waals surface area contributed by atoms with Gasteiger partial charge >= 0.3 is 0 Å². The predicted octanol–water partition coefficient (Wildman–Crippen LogP) is 1.43. The third kappa shape index (κ3) is 4.62. The molecule has 0 spiro atoms. The Labute approximate surface area is 91.1 Å². The first kappa shape index (κ1) is 12.5. The highest BCUT2D eigenvalue weighted by Gasteiger charge is 2.16. The Bertz CT molecular complexity index is 190. The summed E-state index contributed by atoms with van der Waals surface area (Å²) in [5.41, 5.74) is 5.24. The molecule has 1 aliphatic rings. The van der Waals surface area contributed by atoms with E-state index in [1.165, 1.54) is 0 Å². The fourth-order valence-corrected chi connectivity index (χ4v) is 1.73. The molecule has 0 saturated carbocycles. The fraction of sp³-hybridized carbons (Fsp3) is 0.909. The molecule has 0 aliphatic carbocycles. The molecule has 2 atom stereocenters. The molecular formula is C11H21NO3. The lowest BCUT2D eigenvalue weighted by molar-refractivity contribution is -0.164. The highest BCUT2D eigenvalue weighted by atomic mass is 16.7. The maximum atomic E-state index is 10.9. The molecule has 1 heterocycles. The van der Waals surface area contributed by atoms with Gasteiger partial charge in [0.05, 0.1) is 6.61 Å². The highest BCUT2D eigenvalue weighted by Crippen LogP contribution is 2.15. The number of hydrogen-bond acceptors (Lipinski definition) is 3. The number of primary amides is 1. The zero-order chi connectivity index (χ0) is 11.1. The second-order valence-corrected chi connectivity index (χ2v) is 3.96. The SMILES string of the molecule is CCC(CCOC1CCCCO1)C(N)=O. The minimum Gasteiger partial charge on any atom is -0.369 e. The summed E-state index contributed by atoms with van der Waals surface area (Å²) >= 11 is 0. The lowest BCUT2D eigenvalue weighted by atomic mass is 10.0. The molecule has 15 heavy (non-hydrogen) atoms. The van der Waals surface area contributed by atoms with Gasteiger partial charge in [-0.05, 0) is 32.1 Å². The number of amides is 1. The van der Waals surface area contributed by atoms with E-state index in [9.17, 15) is 4.79 Å². The first-order chi connectivity index (χ1) is 7.24. The van der Waals surface area contributed by atoms with Crippen LogP contribution in [0.4, 0.5) is 0 Å². The van der Waals surface area contributed by atoms with E-state index >= 15 is 0 Å². The van der Waals surface area contributed by atoms with Gasteiger partial charge in [-0.2, -0.15) is 0 Å². The first-order valence-electron chi connectivity index (χ1n) is 5.76. The van der Waals surface area contributed by atoms with Crippen LogP contribution >= 0.6 is 0 Å². The van der Waals surface area contributed by atoms with Crippen molar-refractivity contribution in [1.82, 2.24) is 0 Å². The van der Waals surface area contributed by atoms with Crippen LogP contribution in [-0.2, 0) is 14.3 Å². The summed E-state index contributed by atoms with van der Waals surface area (Å²) in [6, 6.07) is 0. The van der Waals surface area contributed by atoms with Crippen molar-refractivity contribution < 1.29 is 14.3 Å². The van der Waals surface area contributed by atoms with E-state index in [2.05, 4.69) is 0 Å². The zero-order valence-electron chi connectivity index (χ0n) is 9.41. The minimum atomic E-state index is -0.231. The Kier molecular flexibility index (Phi) is 5.65. The van der Waals surface area contributed by atoms with Crippen molar-refractivity contribution in [2.45, 2.75) is 45.3 Å². The normalized spacial score (nSPS) is 23.7. The smallest absolute Gasteiger partial charge is 0.220 e. The number of carbonyl (C=O) groups excluding carboxylic acids is 1. The van der Waals surface area contributed by atoms with Gasteiger partial charge in [-0.25, -0.2) is 0 Å². The van der Waals surface area contributed by atoms with E-state index < -0.39 is 0 Å². The fourth-order valence-electron chi connectivity index (χ4n) is 1.73. The standard InChI is InChI=1S/C11H21NO3/c1-2-9(11(12)13)6-8-15-10-5-3-4-7-14-10/h9-10H,2-8H2,1H3,(H2,12,13). The summed E-state index contributed by atoms with van der Waals surface area (Å²) < 4.78 is 11.0. The van der Waals surface area contributed by atoms with Crippen molar-refractivity contribution >= 4 is 5.91 Å². The molecule has 2 N–H and O–H groups in total. The van der Waals surface area contributed by atoms with Crippen LogP contribution < -0.4 is 5.73 Å². The molecule has 1 amide bonds. The Balaban J connectivity index is 2.11. The molecule has 0 aromatic carbocycles. The summed E-state index contributed by atoms with van der Waals surface area (Å²) in [5.74, 6) is -0.292. The molecule has 1 fully saturated rings. The van der Waals surface area contributed by atoms with Gasteiger partial charge in [0, 0.05) is 12.5 Å². The molecule has 0 aromatic rings. The number of nitrogens with two attached hydrogens (primary N) is 1. The second-order valence-electron chi connectivity index (χ2n) is 3.96. The number of hydrogen-bond donors (Lipinski definition) is 1. The Morgan fingerprint density at radius 2 is 2.40 bits per heavy atom. The minimum absolute atomic E-state index is 0.0615. The van der Waals surface area contributed by atoms with Crippen LogP contribution in [0.3, 0.4) is 0 Å². The van der Waals surface area contributed by atoms with Crippen LogP contribution in [0.1, 0.15) is 39.0 Å². The Morgan fingerprint density at radius 3 is 2.93 bits per heavy atom. The van der Waals surface area contributed by atoms with Crippen molar-refractivity contribution in [2.75, 3.05) is 13.2 Å². The predicted molar refractivity (Wildman–Crippen MR) is 57.1 cm³/mol. The van der Waals surface area contributed by atoms with Gasteiger partial charge in [0.1, 0.15) is 0 Å². The number of ether oxygens (including phenoxy) is 2. The van der Waals surface area contributed by atoms with Crippen molar-refractivity contribution in [1.29, 1.82) is 0 Å². The van der Waals surface area contributed by atoms with Crippen molar-refractivity contribution in [3.63, 3.8) is 0 Å². The summed E-state index contributed by atoms with van der Waals surface area (Å²) in [7, 11) is 0. The molecule has 4 heteroatoms. The maximum absolute atomic E-state index is 10.9. The van der Waals surface area contributed by atoms with Gasteiger partial charge in [-0.3, -0.25) is 4.79 Å². The topological polar surface area (TPSA) is 61.6 Å². The molecular weight excluding hydrogens is 194 g/mol. The lowest BCUT2D eigenvalue weighted by Crippen LogP contribution is -2.27. The molecule has 1 saturated heterocycles. The van der Waals surface area contributed by atoms with E-state index in [4.69, 9.17) is 15.2 Å².